The molecular formula is C17H17ClN2O5. The second-order valence-electron chi connectivity index (χ2n) is 6.08. The minimum atomic E-state index is -1.08. The lowest BCUT2D eigenvalue weighted by atomic mass is 9.88. The molecule has 1 aromatic carbocycles. The molecule has 2 heterocycles. The van der Waals surface area contributed by atoms with Crippen LogP contribution in [-0.4, -0.2) is 53.8 Å². The fraction of sp³-hybridized carbons (Fsp3) is 0.353. The van der Waals surface area contributed by atoms with Gasteiger partial charge in [-0.2, -0.15) is 0 Å². The first-order chi connectivity index (χ1) is 11.9. The Morgan fingerprint density at radius 3 is 2.92 bits per heavy atom. The van der Waals surface area contributed by atoms with Crippen molar-refractivity contribution in [3.05, 3.63) is 41.0 Å². The van der Waals surface area contributed by atoms with Crippen molar-refractivity contribution in [1.82, 2.24) is 10.1 Å². The van der Waals surface area contributed by atoms with Crippen LogP contribution in [0.1, 0.15) is 16.9 Å². The van der Waals surface area contributed by atoms with Crippen LogP contribution in [-0.2, 0) is 9.53 Å². The number of aliphatic carboxylic acids is 1. The van der Waals surface area contributed by atoms with Crippen molar-refractivity contribution in [1.29, 1.82) is 0 Å². The van der Waals surface area contributed by atoms with Crippen LogP contribution in [0.2, 0.25) is 5.02 Å². The van der Waals surface area contributed by atoms with E-state index in [4.69, 9.17) is 20.9 Å². The van der Waals surface area contributed by atoms with E-state index in [2.05, 4.69) is 5.16 Å². The summed E-state index contributed by atoms with van der Waals surface area (Å²) in [7, 11) is 1.45. The first kappa shape index (κ1) is 17.4. The number of nitrogens with zero attached hydrogens (tertiary/aromatic N) is 2. The molecule has 3 rings (SSSR count). The van der Waals surface area contributed by atoms with Gasteiger partial charge in [0.15, 0.2) is 11.5 Å². The summed E-state index contributed by atoms with van der Waals surface area (Å²) >= 11 is 5.95. The Bertz CT molecular complexity index is 806. The highest BCUT2D eigenvalue weighted by Crippen LogP contribution is 2.32. The Labute approximate surface area is 149 Å². The molecular weight excluding hydrogens is 348 g/mol. The molecule has 1 fully saturated rings. The normalized spacial score (nSPS) is 20.0. The molecule has 1 atom stereocenters. The summed E-state index contributed by atoms with van der Waals surface area (Å²) < 4.78 is 10.3. The number of carbonyl (C=O) groups is 2. The maximum atomic E-state index is 12.6. The molecule has 2 aromatic rings. The number of carbonyl (C=O) groups excluding carboxylic acids is 1. The van der Waals surface area contributed by atoms with E-state index in [1.807, 2.05) is 0 Å². The Morgan fingerprint density at radius 2 is 2.24 bits per heavy atom. The first-order valence-corrected chi connectivity index (χ1v) is 8.07. The molecule has 1 unspecified atom stereocenters. The number of carboxylic acid groups (broad SMARTS) is 1. The molecule has 8 heteroatoms. The van der Waals surface area contributed by atoms with Crippen LogP contribution in [0.15, 0.2) is 34.9 Å². The summed E-state index contributed by atoms with van der Waals surface area (Å²) in [6.07, 6.45) is 0.334. The molecule has 1 aliphatic rings. The van der Waals surface area contributed by atoms with E-state index in [-0.39, 0.29) is 24.8 Å². The molecule has 0 radical (unpaired) electrons. The summed E-state index contributed by atoms with van der Waals surface area (Å²) in [5, 5.41) is 13.8. The molecule has 0 saturated carbocycles. The summed E-state index contributed by atoms with van der Waals surface area (Å²) in [5.74, 6) is -0.910. The van der Waals surface area contributed by atoms with Gasteiger partial charge < -0.3 is 19.3 Å². The molecule has 0 spiro atoms. The van der Waals surface area contributed by atoms with Crippen molar-refractivity contribution in [2.24, 2.45) is 5.41 Å². The van der Waals surface area contributed by atoms with E-state index in [0.717, 1.165) is 0 Å². The van der Waals surface area contributed by atoms with Gasteiger partial charge in [-0.05, 0) is 18.6 Å². The number of hydrogen-bond acceptors (Lipinski definition) is 5. The van der Waals surface area contributed by atoms with Crippen molar-refractivity contribution in [2.75, 3.05) is 26.8 Å². The number of carboxylic acids is 1. The van der Waals surface area contributed by atoms with Gasteiger partial charge in [0.05, 0.1) is 6.61 Å². The van der Waals surface area contributed by atoms with Crippen LogP contribution < -0.4 is 0 Å². The minimum absolute atomic E-state index is 0.0543. The zero-order valence-electron chi connectivity index (χ0n) is 13.6. The maximum absolute atomic E-state index is 12.6. The number of benzene rings is 1. The zero-order valence-corrected chi connectivity index (χ0v) is 14.3. The van der Waals surface area contributed by atoms with Gasteiger partial charge >= 0.3 is 5.97 Å². The number of ether oxygens (including phenoxy) is 1. The van der Waals surface area contributed by atoms with Crippen molar-refractivity contribution in [3.63, 3.8) is 0 Å². The highest BCUT2D eigenvalue weighted by Gasteiger charge is 2.46. The number of rotatable bonds is 5. The topological polar surface area (TPSA) is 92.9 Å². The van der Waals surface area contributed by atoms with E-state index in [0.29, 0.717) is 29.3 Å². The van der Waals surface area contributed by atoms with E-state index < -0.39 is 11.4 Å². The highest BCUT2D eigenvalue weighted by molar-refractivity contribution is 6.30. The quantitative estimate of drug-likeness (QED) is 0.876. The predicted octanol–water partition coefficient (Wildman–Crippen LogP) is 2.56. The van der Waals surface area contributed by atoms with Gasteiger partial charge in [-0.3, -0.25) is 9.59 Å². The first-order valence-electron chi connectivity index (χ1n) is 7.69. The largest absolute Gasteiger partial charge is 0.481 e. The van der Waals surface area contributed by atoms with Gasteiger partial charge in [0, 0.05) is 36.9 Å². The molecule has 0 bridgehead atoms. The number of methoxy groups -OCH3 is 1. The van der Waals surface area contributed by atoms with Crippen LogP contribution in [0.25, 0.3) is 11.3 Å². The van der Waals surface area contributed by atoms with Crippen LogP contribution in [0, 0.1) is 5.41 Å². The Balaban J connectivity index is 1.77. The van der Waals surface area contributed by atoms with E-state index in [1.165, 1.54) is 18.1 Å². The van der Waals surface area contributed by atoms with Crippen LogP contribution in [0.3, 0.4) is 0 Å². The van der Waals surface area contributed by atoms with Gasteiger partial charge in [0.2, 0.25) is 0 Å². The Hall–Kier alpha value is -2.38. The van der Waals surface area contributed by atoms with Crippen molar-refractivity contribution in [3.8, 4) is 11.3 Å². The third-order valence-corrected chi connectivity index (χ3v) is 4.59. The maximum Gasteiger partial charge on any atom is 0.313 e. The fourth-order valence-electron chi connectivity index (χ4n) is 2.99. The molecule has 132 valence electrons. The third-order valence-electron chi connectivity index (χ3n) is 4.35. The smallest absolute Gasteiger partial charge is 0.313 e. The average Bonchev–Trinajstić information content (AvgIpc) is 3.23. The minimum Gasteiger partial charge on any atom is -0.481 e. The molecule has 7 nitrogen and oxygen atoms in total. The number of likely N-dealkylation sites (tertiary alicyclic amines) is 1. The lowest BCUT2D eigenvalue weighted by Crippen LogP contribution is -2.40. The molecule has 1 aliphatic heterocycles. The number of aromatic nitrogens is 1. The van der Waals surface area contributed by atoms with Gasteiger partial charge in [-0.1, -0.05) is 28.9 Å². The van der Waals surface area contributed by atoms with E-state index in [9.17, 15) is 14.7 Å². The molecule has 1 saturated heterocycles. The summed E-state index contributed by atoms with van der Waals surface area (Å²) in [6.45, 7) is 0.459. The summed E-state index contributed by atoms with van der Waals surface area (Å²) in [5.41, 5.74) is -0.238. The molecule has 1 aromatic heterocycles. The number of halogens is 1. The second-order valence-corrected chi connectivity index (χ2v) is 6.52. The van der Waals surface area contributed by atoms with E-state index in [1.54, 1.807) is 24.3 Å². The highest BCUT2D eigenvalue weighted by atomic mass is 35.5. The third kappa shape index (κ3) is 3.38. The molecule has 1 amide bonds. The number of hydrogen-bond donors (Lipinski definition) is 1. The summed E-state index contributed by atoms with van der Waals surface area (Å²) in [4.78, 5) is 25.7. The Morgan fingerprint density at radius 1 is 1.44 bits per heavy atom. The van der Waals surface area contributed by atoms with Gasteiger partial charge in [0.1, 0.15) is 5.41 Å². The zero-order chi connectivity index (χ0) is 18.0. The fourth-order valence-corrected chi connectivity index (χ4v) is 3.18. The van der Waals surface area contributed by atoms with Crippen LogP contribution in [0.5, 0.6) is 0 Å². The predicted molar refractivity (Wildman–Crippen MR) is 89.4 cm³/mol. The van der Waals surface area contributed by atoms with Crippen molar-refractivity contribution >= 4 is 23.5 Å². The van der Waals surface area contributed by atoms with Gasteiger partial charge in [0.25, 0.3) is 5.91 Å². The lowest BCUT2D eigenvalue weighted by Gasteiger charge is -2.23. The monoisotopic (exact) mass is 364 g/mol. The average molecular weight is 365 g/mol. The molecule has 25 heavy (non-hydrogen) atoms. The second kappa shape index (κ2) is 6.85. The van der Waals surface area contributed by atoms with Crippen molar-refractivity contribution < 1.29 is 24.0 Å². The Kier molecular flexibility index (Phi) is 4.78. The standard InChI is InChI=1S/C17H17ClN2O5/c1-24-10-17(16(22)23)5-6-20(9-17)15(21)13-8-14(25-19-13)11-3-2-4-12(18)7-11/h2-4,7-8H,5-6,9-10H2,1H3,(H,22,23). The van der Waals surface area contributed by atoms with Crippen molar-refractivity contribution in [2.45, 2.75) is 6.42 Å². The van der Waals surface area contributed by atoms with Crippen LogP contribution >= 0.6 is 11.6 Å². The van der Waals surface area contributed by atoms with Crippen LogP contribution in [0.4, 0.5) is 0 Å². The summed E-state index contributed by atoms with van der Waals surface area (Å²) in [6, 6.07) is 8.54. The van der Waals surface area contributed by atoms with Gasteiger partial charge in [-0.15, -0.1) is 0 Å². The van der Waals surface area contributed by atoms with Gasteiger partial charge in [-0.25, -0.2) is 0 Å². The SMILES string of the molecule is COCC1(C(=O)O)CCN(C(=O)c2cc(-c3cccc(Cl)c3)on2)C1. The number of amides is 1. The molecule has 1 N–H and O–H groups in total. The van der Waals surface area contributed by atoms with E-state index >= 15 is 0 Å². The molecule has 0 aliphatic carbocycles. The lowest BCUT2D eigenvalue weighted by molar-refractivity contribution is -0.151.